The molecule has 0 fully saturated rings. The lowest BCUT2D eigenvalue weighted by molar-refractivity contribution is -0.118. The maximum Gasteiger partial charge on any atom is 0.233 e. The van der Waals surface area contributed by atoms with Gasteiger partial charge in [-0.1, -0.05) is 37.3 Å². The van der Waals surface area contributed by atoms with E-state index >= 15 is 0 Å². The highest BCUT2D eigenvalue weighted by Gasteiger charge is 2.22. The second-order valence-corrected chi connectivity index (χ2v) is 10.0. The Morgan fingerprint density at radius 1 is 1.19 bits per heavy atom. The first kappa shape index (κ1) is 21.5. The number of rotatable bonds is 8. The standard InChI is InChI=1S/C24H24N2O3S2/c1-16(2)30-20-9-6-17(7-10-20)13-23(27)26(15-19-5-4-12-29-19)24-25-21-11-8-18(28-3)14-22(21)31-24/h4-12,14,16H,13,15H2,1-3H3. The monoisotopic (exact) mass is 452 g/mol. The van der Waals surface area contributed by atoms with Crippen LogP contribution < -0.4 is 9.64 Å². The summed E-state index contributed by atoms with van der Waals surface area (Å²) in [6, 6.07) is 17.6. The first-order chi connectivity index (χ1) is 15.0. The molecule has 0 atom stereocenters. The van der Waals surface area contributed by atoms with Crippen molar-refractivity contribution in [2.75, 3.05) is 12.0 Å². The van der Waals surface area contributed by atoms with Gasteiger partial charge < -0.3 is 9.15 Å². The summed E-state index contributed by atoms with van der Waals surface area (Å²) >= 11 is 3.28. The normalized spacial score (nSPS) is 11.2. The van der Waals surface area contributed by atoms with Gasteiger partial charge in [0, 0.05) is 10.1 Å². The van der Waals surface area contributed by atoms with Gasteiger partial charge in [0.15, 0.2) is 5.13 Å². The van der Waals surface area contributed by atoms with E-state index in [1.165, 1.54) is 16.2 Å². The minimum Gasteiger partial charge on any atom is -0.497 e. The van der Waals surface area contributed by atoms with Crippen LogP contribution >= 0.6 is 23.1 Å². The number of benzene rings is 2. The number of nitrogens with zero attached hydrogens (tertiary/aromatic N) is 2. The highest BCUT2D eigenvalue weighted by molar-refractivity contribution is 7.99. The van der Waals surface area contributed by atoms with Gasteiger partial charge in [0.05, 0.1) is 36.6 Å². The number of fused-ring (bicyclic) bond motifs is 1. The number of amides is 1. The fourth-order valence-corrected chi connectivity index (χ4v) is 5.03. The summed E-state index contributed by atoms with van der Waals surface area (Å²) in [4.78, 5) is 20.9. The number of ether oxygens (including phenoxy) is 1. The molecule has 1 amide bonds. The first-order valence-corrected chi connectivity index (χ1v) is 11.7. The van der Waals surface area contributed by atoms with Crippen molar-refractivity contribution in [3.8, 4) is 5.75 Å². The molecule has 2 heterocycles. The number of methoxy groups -OCH3 is 1. The third-order valence-corrected chi connectivity index (χ3v) is 6.72. The first-order valence-electron chi connectivity index (χ1n) is 10.0. The maximum atomic E-state index is 13.3. The molecule has 0 unspecified atom stereocenters. The number of thioether (sulfide) groups is 1. The number of anilines is 1. The van der Waals surface area contributed by atoms with E-state index in [9.17, 15) is 4.79 Å². The molecule has 0 aliphatic heterocycles. The van der Waals surface area contributed by atoms with Crippen molar-refractivity contribution in [3.63, 3.8) is 0 Å². The Kier molecular flexibility index (Phi) is 6.63. The minimum atomic E-state index is -0.0216. The van der Waals surface area contributed by atoms with Crippen LogP contribution in [-0.4, -0.2) is 23.3 Å². The number of carbonyl (C=O) groups is 1. The molecular formula is C24H24N2O3S2. The molecule has 0 N–H and O–H groups in total. The number of carbonyl (C=O) groups excluding carboxylic acids is 1. The lowest BCUT2D eigenvalue weighted by Gasteiger charge is -2.19. The Morgan fingerprint density at radius 2 is 2.00 bits per heavy atom. The van der Waals surface area contributed by atoms with E-state index in [0.29, 0.717) is 29.1 Å². The van der Waals surface area contributed by atoms with Crippen LogP contribution in [0.4, 0.5) is 5.13 Å². The molecule has 2 aromatic heterocycles. The molecule has 2 aromatic carbocycles. The zero-order chi connectivity index (χ0) is 21.8. The van der Waals surface area contributed by atoms with Gasteiger partial charge in [-0.05, 0) is 48.0 Å². The minimum absolute atomic E-state index is 0.0216. The van der Waals surface area contributed by atoms with Crippen LogP contribution in [0.2, 0.25) is 0 Å². The van der Waals surface area contributed by atoms with Crippen molar-refractivity contribution in [3.05, 3.63) is 72.2 Å². The number of hydrogen-bond acceptors (Lipinski definition) is 6. The Labute approximate surface area is 190 Å². The predicted molar refractivity (Wildman–Crippen MR) is 127 cm³/mol. The summed E-state index contributed by atoms with van der Waals surface area (Å²) < 4.78 is 11.8. The van der Waals surface area contributed by atoms with Crippen molar-refractivity contribution in [2.24, 2.45) is 0 Å². The van der Waals surface area contributed by atoms with Crippen molar-refractivity contribution in [1.29, 1.82) is 0 Å². The van der Waals surface area contributed by atoms with Gasteiger partial charge >= 0.3 is 0 Å². The fraction of sp³-hybridized carbons (Fsp3) is 0.250. The number of aromatic nitrogens is 1. The average molecular weight is 453 g/mol. The highest BCUT2D eigenvalue weighted by Crippen LogP contribution is 2.33. The lowest BCUT2D eigenvalue weighted by Crippen LogP contribution is -2.31. The quantitative estimate of drug-likeness (QED) is 0.299. The van der Waals surface area contributed by atoms with E-state index in [0.717, 1.165) is 21.5 Å². The van der Waals surface area contributed by atoms with Gasteiger partial charge in [0.2, 0.25) is 5.91 Å². The van der Waals surface area contributed by atoms with Crippen LogP contribution in [0.5, 0.6) is 5.75 Å². The van der Waals surface area contributed by atoms with Gasteiger partial charge in [0.1, 0.15) is 11.5 Å². The Bertz CT molecular complexity index is 1150. The average Bonchev–Trinajstić information content (AvgIpc) is 3.41. The molecule has 0 saturated carbocycles. The van der Waals surface area contributed by atoms with Crippen LogP contribution in [-0.2, 0) is 17.8 Å². The van der Waals surface area contributed by atoms with Crippen LogP contribution in [0.3, 0.4) is 0 Å². The summed E-state index contributed by atoms with van der Waals surface area (Å²) in [5.74, 6) is 1.46. The summed E-state index contributed by atoms with van der Waals surface area (Å²) in [6.45, 7) is 4.68. The third-order valence-electron chi connectivity index (χ3n) is 4.66. The second kappa shape index (κ2) is 9.58. The summed E-state index contributed by atoms with van der Waals surface area (Å²) in [5, 5.41) is 1.17. The summed E-state index contributed by atoms with van der Waals surface area (Å²) in [7, 11) is 1.64. The molecule has 4 aromatic rings. The molecule has 0 spiro atoms. The van der Waals surface area contributed by atoms with Crippen LogP contribution in [0.25, 0.3) is 10.2 Å². The number of furan rings is 1. The van der Waals surface area contributed by atoms with E-state index < -0.39 is 0 Å². The van der Waals surface area contributed by atoms with Gasteiger partial charge in [-0.15, -0.1) is 11.8 Å². The topological polar surface area (TPSA) is 55.6 Å². The molecule has 160 valence electrons. The molecular weight excluding hydrogens is 428 g/mol. The van der Waals surface area contributed by atoms with Gasteiger partial charge in [-0.2, -0.15) is 0 Å². The van der Waals surface area contributed by atoms with Gasteiger partial charge in [0.25, 0.3) is 0 Å². The van der Waals surface area contributed by atoms with Crippen LogP contribution in [0.1, 0.15) is 25.2 Å². The van der Waals surface area contributed by atoms with Crippen molar-refractivity contribution in [2.45, 2.75) is 37.0 Å². The Morgan fingerprint density at radius 3 is 2.68 bits per heavy atom. The maximum absolute atomic E-state index is 13.3. The number of thiazole rings is 1. The van der Waals surface area contributed by atoms with E-state index in [-0.39, 0.29) is 5.91 Å². The molecule has 7 heteroatoms. The second-order valence-electron chi connectivity index (χ2n) is 7.38. The summed E-state index contributed by atoms with van der Waals surface area (Å²) in [6.07, 6.45) is 1.92. The molecule has 0 aliphatic rings. The number of hydrogen-bond donors (Lipinski definition) is 0. The van der Waals surface area contributed by atoms with Crippen LogP contribution in [0, 0.1) is 0 Å². The molecule has 4 rings (SSSR count). The smallest absolute Gasteiger partial charge is 0.233 e. The van der Waals surface area contributed by atoms with E-state index in [4.69, 9.17) is 14.1 Å². The third kappa shape index (κ3) is 5.29. The molecule has 31 heavy (non-hydrogen) atoms. The molecule has 5 nitrogen and oxygen atoms in total. The molecule has 0 bridgehead atoms. The SMILES string of the molecule is COc1ccc2nc(N(Cc3ccco3)C(=O)Cc3ccc(SC(C)C)cc3)sc2c1. The molecule has 0 aliphatic carbocycles. The van der Waals surface area contributed by atoms with E-state index in [1.54, 1.807) is 18.3 Å². The zero-order valence-electron chi connectivity index (χ0n) is 17.7. The highest BCUT2D eigenvalue weighted by atomic mass is 32.2. The molecule has 0 saturated heterocycles. The van der Waals surface area contributed by atoms with Gasteiger partial charge in [-0.3, -0.25) is 9.69 Å². The Hall–Kier alpha value is -2.77. The Balaban J connectivity index is 1.59. The van der Waals surface area contributed by atoms with Crippen molar-refractivity contribution < 1.29 is 13.9 Å². The van der Waals surface area contributed by atoms with Gasteiger partial charge in [-0.25, -0.2) is 4.98 Å². The van der Waals surface area contributed by atoms with Crippen molar-refractivity contribution >= 4 is 44.4 Å². The van der Waals surface area contributed by atoms with E-state index in [1.807, 2.05) is 54.2 Å². The summed E-state index contributed by atoms with van der Waals surface area (Å²) in [5.41, 5.74) is 1.82. The van der Waals surface area contributed by atoms with Crippen LogP contribution in [0.15, 0.2) is 70.2 Å². The lowest BCUT2D eigenvalue weighted by atomic mass is 10.1. The molecule has 0 radical (unpaired) electrons. The van der Waals surface area contributed by atoms with Crippen molar-refractivity contribution in [1.82, 2.24) is 4.98 Å². The zero-order valence-corrected chi connectivity index (χ0v) is 19.3. The van der Waals surface area contributed by atoms with E-state index in [2.05, 4.69) is 26.0 Å². The predicted octanol–water partition coefficient (Wildman–Crippen LogP) is 6.17. The largest absolute Gasteiger partial charge is 0.497 e. The fourth-order valence-electron chi connectivity index (χ4n) is 3.18.